The predicted octanol–water partition coefficient (Wildman–Crippen LogP) is 3.67. The molecule has 3 N–H and O–H groups in total. The first-order chi connectivity index (χ1) is 13.7. The molecule has 0 aromatic carbocycles. The Hall–Kier alpha value is -3.17. The molecule has 3 rings (SSSR count). The number of nitrogens with zero attached hydrogens (tertiary/aromatic N) is 3. The highest BCUT2D eigenvalue weighted by molar-refractivity contribution is 5.91. The molecule has 0 saturated heterocycles. The van der Waals surface area contributed by atoms with Crippen molar-refractivity contribution < 1.29 is 18.0 Å². The first-order valence-electron chi connectivity index (χ1n) is 9.06. The molecular formula is C19H21F3N6O. The molecule has 0 spiro atoms. The monoisotopic (exact) mass is 406 g/mol. The molecule has 1 amide bonds. The largest absolute Gasteiger partial charge is 0.405 e. The van der Waals surface area contributed by atoms with Gasteiger partial charge in [-0.15, -0.1) is 0 Å². The number of aromatic nitrogens is 4. The van der Waals surface area contributed by atoms with E-state index in [-0.39, 0.29) is 6.42 Å². The number of hydrogen-bond acceptors (Lipinski definition) is 5. The fraction of sp³-hybridized carbons (Fsp3) is 0.368. The Morgan fingerprint density at radius 1 is 1.21 bits per heavy atom. The van der Waals surface area contributed by atoms with E-state index in [2.05, 4.69) is 25.3 Å². The number of pyridine rings is 1. The molecule has 7 nitrogen and oxygen atoms in total. The van der Waals surface area contributed by atoms with Gasteiger partial charge in [0.05, 0.1) is 0 Å². The van der Waals surface area contributed by atoms with Crippen LogP contribution in [0.5, 0.6) is 0 Å². The number of nitrogens with one attached hydrogen (secondary N) is 3. The van der Waals surface area contributed by atoms with Crippen molar-refractivity contribution in [1.82, 2.24) is 25.3 Å². The number of H-pyrrole nitrogens is 1. The predicted molar refractivity (Wildman–Crippen MR) is 103 cm³/mol. The number of hydrogen-bond donors (Lipinski definition) is 3. The lowest BCUT2D eigenvalue weighted by Crippen LogP contribution is -2.42. The van der Waals surface area contributed by atoms with Crippen molar-refractivity contribution >= 4 is 22.8 Å². The van der Waals surface area contributed by atoms with Gasteiger partial charge in [0.2, 0.25) is 5.91 Å². The summed E-state index contributed by atoms with van der Waals surface area (Å²) in [7, 11) is 0. The molecule has 3 aromatic heterocycles. The lowest BCUT2D eigenvalue weighted by Gasteiger charge is -2.30. The van der Waals surface area contributed by atoms with Crippen LogP contribution in [0.1, 0.15) is 26.7 Å². The molecule has 0 radical (unpaired) electrons. The van der Waals surface area contributed by atoms with Gasteiger partial charge in [0.15, 0.2) is 5.82 Å². The van der Waals surface area contributed by atoms with Gasteiger partial charge in [0.1, 0.15) is 18.0 Å². The lowest BCUT2D eigenvalue weighted by atomic mass is 9.94. The SMILES string of the molecule is CC[C@](C)(CC(=O)NCC(F)(F)F)Nc1ccnc(-c2c[nH]c3ncccc23)n1. The summed E-state index contributed by atoms with van der Waals surface area (Å²) in [6.07, 6.45) is 0.957. The molecular weight excluding hydrogens is 385 g/mol. The third-order valence-corrected chi connectivity index (χ3v) is 4.59. The second-order valence-electron chi connectivity index (χ2n) is 6.98. The van der Waals surface area contributed by atoms with Gasteiger partial charge in [-0.05, 0) is 31.5 Å². The number of carbonyl (C=O) groups excluding carboxylic acids is 1. The average Bonchev–Trinajstić information content (AvgIpc) is 3.10. The molecule has 0 saturated carbocycles. The summed E-state index contributed by atoms with van der Waals surface area (Å²) in [4.78, 5) is 28.1. The van der Waals surface area contributed by atoms with E-state index in [1.54, 1.807) is 31.6 Å². The van der Waals surface area contributed by atoms with Crippen LogP contribution in [0.2, 0.25) is 0 Å². The molecule has 29 heavy (non-hydrogen) atoms. The second-order valence-corrected chi connectivity index (χ2v) is 6.98. The Balaban J connectivity index is 1.76. The molecule has 154 valence electrons. The molecule has 0 aliphatic heterocycles. The average molecular weight is 406 g/mol. The zero-order valence-electron chi connectivity index (χ0n) is 16.0. The lowest BCUT2D eigenvalue weighted by molar-refractivity contribution is -0.138. The Kier molecular flexibility index (Phi) is 5.71. The third-order valence-electron chi connectivity index (χ3n) is 4.59. The maximum absolute atomic E-state index is 12.3. The molecule has 1 atom stereocenters. The Morgan fingerprint density at radius 2 is 2.00 bits per heavy atom. The minimum absolute atomic E-state index is 0.129. The van der Waals surface area contributed by atoms with E-state index in [4.69, 9.17) is 0 Å². The van der Waals surface area contributed by atoms with Crippen LogP contribution in [0.3, 0.4) is 0 Å². The number of alkyl halides is 3. The van der Waals surface area contributed by atoms with Crippen LogP contribution < -0.4 is 10.6 Å². The van der Waals surface area contributed by atoms with E-state index >= 15 is 0 Å². The molecule has 10 heteroatoms. The van der Waals surface area contributed by atoms with E-state index in [9.17, 15) is 18.0 Å². The number of halogens is 3. The maximum atomic E-state index is 12.3. The second kappa shape index (κ2) is 8.06. The van der Waals surface area contributed by atoms with Crippen LogP contribution in [0.15, 0.2) is 36.8 Å². The van der Waals surface area contributed by atoms with Gasteiger partial charge < -0.3 is 15.6 Å². The molecule has 3 heterocycles. The Morgan fingerprint density at radius 3 is 2.72 bits per heavy atom. The molecule has 3 aromatic rings. The van der Waals surface area contributed by atoms with Crippen LogP contribution >= 0.6 is 0 Å². The first kappa shape index (κ1) is 20.6. The van der Waals surface area contributed by atoms with E-state index in [0.717, 1.165) is 10.9 Å². The van der Waals surface area contributed by atoms with Crippen molar-refractivity contribution in [2.75, 3.05) is 11.9 Å². The van der Waals surface area contributed by atoms with Crippen molar-refractivity contribution in [3.05, 3.63) is 36.8 Å². The van der Waals surface area contributed by atoms with Gasteiger partial charge in [0.25, 0.3) is 0 Å². The fourth-order valence-electron chi connectivity index (χ4n) is 2.88. The number of carbonyl (C=O) groups is 1. The summed E-state index contributed by atoms with van der Waals surface area (Å²) >= 11 is 0. The van der Waals surface area contributed by atoms with Gasteiger partial charge in [0, 0.05) is 41.5 Å². The highest BCUT2D eigenvalue weighted by Crippen LogP contribution is 2.27. The Bertz CT molecular complexity index is 1000. The fourth-order valence-corrected chi connectivity index (χ4v) is 2.88. The third kappa shape index (κ3) is 5.21. The minimum Gasteiger partial charge on any atom is -0.364 e. The summed E-state index contributed by atoms with van der Waals surface area (Å²) in [5.41, 5.74) is 0.713. The number of amides is 1. The van der Waals surface area contributed by atoms with Crippen LogP contribution in [0.25, 0.3) is 22.4 Å². The van der Waals surface area contributed by atoms with Crippen molar-refractivity contribution in [2.45, 2.75) is 38.4 Å². The molecule has 0 fully saturated rings. The molecule has 0 aliphatic rings. The van der Waals surface area contributed by atoms with Crippen LogP contribution in [0, 0.1) is 0 Å². The molecule has 0 unspecified atom stereocenters. The van der Waals surface area contributed by atoms with Gasteiger partial charge in [-0.1, -0.05) is 6.92 Å². The summed E-state index contributed by atoms with van der Waals surface area (Å²) in [5.74, 6) is 0.256. The number of rotatable bonds is 7. The minimum atomic E-state index is -4.44. The number of fused-ring (bicyclic) bond motifs is 1. The summed E-state index contributed by atoms with van der Waals surface area (Å²) in [5, 5.41) is 5.94. The maximum Gasteiger partial charge on any atom is 0.405 e. The van der Waals surface area contributed by atoms with Crippen LogP contribution in [-0.2, 0) is 4.79 Å². The van der Waals surface area contributed by atoms with E-state index in [1.165, 1.54) is 0 Å². The summed E-state index contributed by atoms with van der Waals surface area (Å²) < 4.78 is 36.9. The Labute approximate surface area is 165 Å². The zero-order chi connectivity index (χ0) is 21.1. The van der Waals surface area contributed by atoms with Crippen molar-refractivity contribution in [1.29, 1.82) is 0 Å². The van der Waals surface area contributed by atoms with Crippen LogP contribution in [-0.4, -0.2) is 44.1 Å². The smallest absolute Gasteiger partial charge is 0.364 e. The van der Waals surface area contributed by atoms with E-state index < -0.39 is 24.2 Å². The first-order valence-corrected chi connectivity index (χ1v) is 9.06. The van der Waals surface area contributed by atoms with Crippen molar-refractivity contribution in [3.8, 4) is 11.4 Å². The normalized spacial score (nSPS) is 13.8. The standard InChI is InChI=1S/C19H21F3N6O/c1-3-18(2,9-15(29)26-11-19(20,21)22)28-14-6-8-24-17(27-14)13-10-25-16-12(13)5-4-7-23-16/h4-8,10H,3,9,11H2,1-2H3,(H,23,25)(H,26,29)(H,24,27,28)/t18-/m1/s1. The van der Waals surface area contributed by atoms with E-state index in [0.29, 0.717) is 23.7 Å². The highest BCUT2D eigenvalue weighted by atomic mass is 19.4. The summed E-state index contributed by atoms with van der Waals surface area (Å²) in [6.45, 7) is 2.26. The van der Waals surface area contributed by atoms with E-state index in [1.807, 2.05) is 24.4 Å². The molecule has 0 aliphatic carbocycles. The van der Waals surface area contributed by atoms with Crippen molar-refractivity contribution in [2.24, 2.45) is 0 Å². The van der Waals surface area contributed by atoms with Crippen LogP contribution in [0.4, 0.5) is 19.0 Å². The van der Waals surface area contributed by atoms with Gasteiger partial charge in [-0.3, -0.25) is 4.79 Å². The topological polar surface area (TPSA) is 95.6 Å². The number of aromatic amines is 1. The highest BCUT2D eigenvalue weighted by Gasteiger charge is 2.31. The van der Waals surface area contributed by atoms with Gasteiger partial charge in [-0.2, -0.15) is 13.2 Å². The van der Waals surface area contributed by atoms with Gasteiger partial charge in [-0.25, -0.2) is 15.0 Å². The number of anilines is 1. The van der Waals surface area contributed by atoms with Crippen molar-refractivity contribution in [3.63, 3.8) is 0 Å². The summed E-state index contributed by atoms with van der Waals surface area (Å²) in [6, 6.07) is 5.37. The zero-order valence-corrected chi connectivity index (χ0v) is 16.0. The quantitative estimate of drug-likeness (QED) is 0.556. The van der Waals surface area contributed by atoms with Gasteiger partial charge >= 0.3 is 6.18 Å². The molecule has 0 bridgehead atoms.